The lowest BCUT2D eigenvalue weighted by Gasteiger charge is -2.10. The van der Waals surface area contributed by atoms with Crippen molar-refractivity contribution >= 4 is 59.2 Å². The van der Waals surface area contributed by atoms with E-state index in [0.717, 1.165) is 24.8 Å². The predicted molar refractivity (Wildman–Crippen MR) is 104 cm³/mol. The fraction of sp³-hybridized carbons (Fsp3) is 0. The molecule has 0 radical (unpaired) electrons. The van der Waals surface area contributed by atoms with Gasteiger partial charge in [0.1, 0.15) is 0 Å². The first-order valence-electron chi connectivity index (χ1n) is 6.78. The van der Waals surface area contributed by atoms with Gasteiger partial charge in [0.2, 0.25) is 0 Å². The van der Waals surface area contributed by atoms with Gasteiger partial charge in [0.15, 0.2) is 0 Å². The predicted octanol–water partition coefficient (Wildman–Crippen LogP) is 7.37. The number of fused-ring (bicyclic) bond motifs is 5. The SMILES string of the molecule is Brc1ccc2c(c1)-c1ccc(Br)cc1-c1cc(Br)ccc1N2. The van der Waals surface area contributed by atoms with E-state index in [2.05, 4.69) is 108 Å². The standard InChI is InChI=1S/C18H10Br3N/c19-10-1-4-13-14(7-10)16-9-12(21)3-6-18(16)22-17-5-2-11(20)8-15(13)17/h1-9,22H. The number of halogens is 3. The first kappa shape index (κ1) is 14.5. The number of hydrogen-bond acceptors (Lipinski definition) is 1. The summed E-state index contributed by atoms with van der Waals surface area (Å²) in [5, 5.41) is 3.57. The van der Waals surface area contributed by atoms with E-state index in [1.165, 1.54) is 22.3 Å². The molecule has 3 aromatic rings. The molecule has 0 bridgehead atoms. The molecule has 3 aromatic carbocycles. The van der Waals surface area contributed by atoms with Gasteiger partial charge in [-0.1, -0.05) is 53.9 Å². The van der Waals surface area contributed by atoms with Gasteiger partial charge in [-0.15, -0.1) is 0 Å². The highest BCUT2D eigenvalue weighted by Gasteiger charge is 2.19. The van der Waals surface area contributed by atoms with Crippen molar-refractivity contribution in [3.8, 4) is 22.3 Å². The minimum Gasteiger partial charge on any atom is -0.355 e. The molecule has 0 unspecified atom stereocenters. The third kappa shape index (κ3) is 2.43. The Kier molecular flexibility index (Phi) is 3.63. The van der Waals surface area contributed by atoms with Crippen molar-refractivity contribution in [3.63, 3.8) is 0 Å². The lowest BCUT2D eigenvalue weighted by atomic mass is 9.95. The van der Waals surface area contributed by atoms with Crippen LogP contribution in [0.15, 0.2) is 68.0 Å². The molecule has 1 aliphatic heterocycles. The van der Waals surface area contributed by atoms with Crippen molar-refractivity contribution in [3.05, 3.63) is 68.0 Å². The first-order chi connectivity index (χ1) is 10.6. The molecule has 0 fully saturated rings. The number of anilines is 2. The monoisotopic (exact) mass is 477 g/mol. The van der Waals surface area contributed by atoms with Crippen LogP contribution in [0.5, 0.6) is 0 Å². The van der Waals surface area contributed by atoms with Gasteiger partial charge in [-0.25, -0.2) is 0 Å². The summed E-state index contributed by atoms with van der Waals surface area (Å²) >= 11 is 10.8. The molecular formula is C18H10Br3N. The Morgan fingerprint density at radius 2 is 0.955 bits per heavy atom. The van der Waals surface area contributed by atoms with E-state index in [9.17, 15) is 0 Å². The second-order valence-electron chi connectivity index (χ2n) is 5.19. The fourth-order valence-electron chi connectivity index (χ4n) is 2.82. The zero-order valence-electron chi connectivity index (χ0n) is 11.3. The molecule has 0 atom stereocenters. The summed E-state index contributed by atoms with van der Waals surface area (Å²) in [6, 6.07) is 19.1. The first-order valence-corrected chi connectivity index (χ1v) is 9.16. The molecule has 0 amide bonds. The summed E-state index contributed by atoms with van der Waals surface area (Å²) in [5.74, 6) is 0. The topological polar surface area (TPSA) is 12.0 Å². The molecule has 0 spiro atoms. The lowest BCUT2D eigenvalue weighted by molar-refractivity contribution is 1.55. The van der Waals surface area contributed by atoms with E-state index in [1.54, 1.807) is 0 Å². The highest BCUT2D eigenvalue weighted by Crippen LogP contribution is 2.46. The molecule has 1 nitrogen and oxygen atoms in total. The molecule has 1 aliphatic rings. The minimum absolute atomic E-state index is 1.08. The second kappa shape index (κ2) is 5.52. The summed E-state index contributed by atoms with van der Waals surface area (Å²) < 4.78 is 3.23. The molecule has 4 rings (SSSR count). The van der Waals surface area contributed by atoms with Crippen LogP contribution in [0.25, 0.3) is 22.3 Å². The zero-order chi connectivity index (χ0) is 15.3. The highest BCUT2D eigenvalue weighted by atomic mass is 79.9. The number of rotatable bonds is 0. The Labute approximate surface area is 154 Å². The second-order valence-corrected chi connectivity index (χ2v) is 7.94. The highest BCUT2D eigenvalue weighted by molar-refractivity contribution is 9.11. The summed E-state index contributed by atoms with van der Waals surface area (Å²) in [4.78, 5) is 0. The fourth-order valence-corrected chi connectivity index (χ4v) is 3.90. The quantitative estimate of drug-likeness (QED) is 0.278. The Bertz CT molecular complexity index is 903. The van der Waals surface area contributed by atoms with Crippen LogP contribution in [0.2, 0.25) is 0 Å². The zero-order valence-corrected chi connectivity index (χ0v) is 16.1. The van der Waals surface area contributed by atoms with E-state index in [1.807, 2.05) is 0 Å². The summed E-state index contributed by atoms with van der Waals surface area (Å²) in [7, 11) is 0. The van der Waals surface area contributed by atoms with Gasteiger partial charge in [-0.05, 0) is 59.7 Å². The Balaban J connectivity index is 2.12. The number of hydrogen-bond donors (Lipinski definition) is 1. The summed E-state index contributed by atoms with van der Waals surface area (Å²) in [5.41, 5.74) is 7.07. The van der Waals surface area contributed by atoms with E-state index in [0.29, 0.717) is 0 Å². The number of benzene rings is 3. The van der Waals surface area contributed by atoms with Gasteiger partial charge >= 0.3 is 0 Å². The van der Waals surface area contributed by atoms with Crippen LogP contribution in [0.4, 0.5) is 11.4 Å². The van der Waals surface area contributed by atoms with Gasteiger partial charge < -0.3 is 5.32 Å². The molecule has 108 valence electrons. The maximum Gasteiger partial charge on any atom is 0.0465 e. The van der Waals surface area contributed by atoms with Crippen LogP contribution >= 0.6 is 47.8 Å². The van der Waals surface area contributed by atoms with Gasteiger partial charge in [-0.2, -0.15) is 0 Å². The van der Waals surface area contributed by atoms with Crippen molar-refractivity contribution in [2.45, 2.75) is 0 Å². The van der Waals surface area contributed by atoms with Crippen molar-refractivity contribution in [1.82, 2.24) is 0 Å². The van der Waals surface area contributed by atoms with Gasteiger partial charge in [0.05, 0.1) is 0 Å². The normalized spacial score (nSPS) is 11.8. The molecule has 4 heteroatoms. The van der Waals surface area contributed by atoms with Crippen LogP contribution in [0, 0.1) is 0 Å². The smallest absolute Gasteiger partial charge is 0.0465 e. The largest absolute Gasteiger partial charge is 0.355 e. The molecule has 0 saturated carbocycles. The van der Waals surface area contributed by atoms with Crippen molar-refractivity contribution < 1.29 is 0 Å². The maximum absolute atomic E-state index is 3.60. The number of nitrogens with one attached hydrogen (secondary N) is 1. The van der Waals surface area contributed by atoms with E-state index in [-0.39, 0.29) is 0 Å². The maximum atomic E-state index is 3.60. The van der Waals surface area contributed by atoms with Crippen LogP contribution in [0.3, 0.4) is 0 Å². The molecule has 1 heterocycles. The van der Waals surface area contributed by atoms with Crippen molar-refractivity contribution in [2.24, 2.45) is 0 Å². The van der Waals surface area contributed by atoms with Gasteiger partial charge in [0, 0.05) is 35.9 Å². The molecule has 0 aromatic heterocycles. The summed E-state index contributed by atoms with van der Waals surface area (Å²) in [6.07, 6.45) is 0. The Morgan fingerprint density at radius 1 is 0.500 bits per heavy atom. The Hall–Kier alpha value is -1.10. The summed E-state index contributed by atoms with van der Waals surface area (Å²) in [6.45, 7) is 0. The minimum atomic E-state index is 1.08. The van der Waals surface area contributed by atoms with Crippen LogP contribution < -0.4 is 5.32 Å². The van der Waals surface area contributed by atoms with E-state index in [4.69, 9.17) is 0 Å². The van der Waals surface area contributed by atoms with Crippen molar-refractivity contribution in [1.29, 1.82) is 0 Å². The molecular weight excluding hydrogens is 470 g/mol. The van der Waals surface area contributed by atoms with Crippen LogP contribution in [-0.4, -0.2) is 0 Å². The molecule has 0 aliphatic carbocycles. The Morgan fingerprint density at radius 3 is 1.55 bits per heavy atom. The molecule has 0 saturated heterocycles. The van der Waals surface area contributed by atoms with Crippen LogP contribution in [0.1, 0.15) is 0 Å². The third-order valence-electron chi connectivity index (χ3n) is 3.79. The average Bonchev–Trinajstić information content (AvgIpc) is 2.62. The van der Waals surface area contributed by atoms with Gasteiger partial charge in [0.25, 0.3) is 0 Å². The van der Waals surface area contributed by atoms with Gasteiger partial charge in [-0.3, -0.25) is 0 Å². The lowest BCUT2D eigenvalue weighted by Crippen LogP contribution is -1.91. The van der Waals surface area contributed by atoms with E-state index >= 15 is 0 Å². The van der Waals surface area contributed by atoms with E-state index < -0.39 is 0 Å². The average molecular weight is 480 g/mol. The molecule has 22 heavy (non-hydrogen) atoms. The third-order valence-corrected chi connectivity index (χ3v) is 5.27. The van der Waals surface area contributed by atoms with Crippen LogP contribution in [-0.2, 0) is 0 Å². The van der Waals surface area contributed by atoms with Crippen molar-refractivity contribution in [2.75, 3.05) is 5.32 Å². The molecule has 1 N–H and O–H groups in total.